The molecule has 324 valence electrons. The SMILES string of the molecule is Cn1c(CN2CCN(Cc3cccc(=O)n3C)CCN(Cc3cccc(=O)n3OCc3ccccc3)CCN(Cc3cccc(=O)n3OCc3ccccc3)CC2)cccc1=O. The molecule has 1 aliphatic heterocycles. The lowest BCUT2D eigenvalue weighted by Crippen LogP contribution is -2.46. The summed E-state index contributed by atoms with van der Waals surface area (Å²) in [6.45, 7) is 7.82. The Hall–Kier alpha value is -6.32. The number of aromatic nitrogens is 4. The molecule has 5 heterocycles. The van der Waals surface area contributed by atoms with Gasteiger partial charge in [-0.25, -0.2) is 0 Å². The van der Waals surface area contributed by atoms with Gasteiger partial charge in [0, 0.05) is 128 Å². The second-order valence-corrected chi connectivity index (χ2v) is 15.8. The molecule has 4 aromatic heterocycles. The lowest BCUT2D eigenvalue weighted by Gasteiger charge is -2.35. The van der Waals surface area contributed by atoms with Gasteiger partial charge in [-0.15, -0.1) is 9.46 Å². The van der Waals surface area contributed by atoms with Gasteiger partial charge in [-0.3, -0.25) is 38.8 Å². The molecular formula is C48H56N8O6. The van der Waals surface area contributed by atoms with E-state index in [1.807, 2.05) is 84.9 Å². The molecule has 0 amide bonds. The predicted octanol–water partition coefficient (Wildman–Crippen LogP) is 2.99. The van der Waals surface area contributed by atoms with Gasteiger partial charge < -0.3 is 18.8 Å². The Morgan fingerprint density at radius 1 is 0.355 bits per heavy atom. The average molecular weight is 841 g/mol. The predicted molar refractivity (Wildman–Crippen MR) is 239 cm³/mol. The van der Waals surface area contributed by atoms with Crippen molar-refractivity contribution >= 4 is 0 Å². The Morgan fingerprint density at radius 2 is 0.645 bits per heavy atom. The highest BCUT2D eigenvalue weighted by atomic mass is 16.7. The summed E-state index contributed by atoms with van der Waals surface area (Å²) in [6.07, 6.45) is 0. The van der Waals surface area contributed by atoms with Crippen molar-refractivity contribution in [2.24, 2.45) is 14.1 Å². The first kappa shape index (κ1) is 43.8. The fourth-order valence-electron chi connectivity index (χ4n) is 7.65. The molecule has 62 heavy (non-hydrogen) atoms. The fourth-order valence-corrected chi connectivity index (χ4v) is 7.65. The highest BCUT2D eigenvalue weighted by Crippen LogP contribution is 2.13. The van der Waals surface area contributed by atoms with Gasteiger partial charge in [0.05, 0.1) is 11.4 Å². The van der Waals surface area contributed by atoms with E-state index < -0.39 is 0 Å². The standard InChI is InChI=1S/C48H56N8O6/c1-49-41(17-9-21-45(49)57)33-51-25-26-52(34-42-18-10-22-46(58)50(42)2)28-30-54(36-44-20-12-24-48(60)56(44)62-38-40-15-7-4-8-16-40)32-31-53(29-27-51)35-43-19-11-23-47(59)55(43)61-37-39-13-5-3-6-14-39/h3-24H,25-38H2,1-2H3. The lowest BCUT2D eigenvalue weighted by atomic mass is 10.2. The van der Waals surface area contributed by atoms with Crippen molar-refractivity contribution in [2.75, 3.05) is 52.4 Å². The first-order chi connectivity index (χ1) is 30.2. The molecule has 14 nitrogen and oxygen atoms in total. The minimum Gasteiger partial charge on any atom is -0.406 e. The van der Waals surface area contributed by atoms with Crippen LogP contribution in [0.3, 0.4) is 0 Å². The summed E-state index contributed by atoms with van der Waals surface area (Å²) in [5, 5.41) is 0. The van der Waals surface area contributed by atoms with E-state index in [4.69, 9.17) is 9.68 Å². The summed E-state index contributed by atoms with van der Waals surface area (Å²) >= 11 is 0. The number of pyridine rings is 4. The van der Waals surface area contributed by atoms with E-state index in [9.17, 15) is 19.2 Å². The summed E-state index contributed by atoms with van der Waals surface area (Å²) < 4.78 is 6.20. The first-order valence-corrected chi connectivity index (χ1v) is 21.2. The maximum atomic E-state index is 13.3. The molecule has 6 aromatic rings. The third kappa shape index (κ3) is 11.9. The van der Waals surface area contributed by atoms with Crippen molar-refractivity contribution in [1.82, 2.24) is 38.2 Å². The smallest absolute Gasteiger partial charge is 0.283 e. The van der Waals surface area contributed by atoms with E-state index in [1.165, 1.54) is 21.6 Å². The van der Waals surface area contributed by atoms with Gasteiger partial charge in [0.2, 0.25) is 11.1 Å². The summed E-state index contributed by atoms with van der Waals surface area (Å²) in [5.41, 5.74) is 4.60. The molecule has 0 saturated carbocycles. The molecule has 1 fully saturated rings. The molecule has 0 radical (unpaired) electrons. The van der Waals surface area contributed by atoms with E-state index in [1.54, 1.807) is 59.6 Å². The topological polar surface area (TPSA) is 119 Å². The van der Waals surface area contributed by atoms with Gasteiger partial charge in [-0.2, -0.15) is 0 Å². The van der Waals surface area contributed by atoms with Crippen LogP contribution in [0, 0.1) is 0 Å². The normalized spacial score (nSPS) is 15.1. The Balaban J connectivity index is 1.19. The van der Waals surface area contributed by atoms with Crippen molar-refractivity contribution in [1.29, 1.82) is 0 Å². The minimum absolute atomic E-state index is 0.0583. The molecule has 0 bridgehead atoms. The number of hydrogen-bond donors (Lipinski definition) is 0. The quantitative estimate of drug-likeness (QED) is 0.162. The summed E-state index contributed by atoms with van der Waals surface area (Å²) in [7, 11) is 3.61. The molecular weight excluding hydrogens is 785 g/mol. The third-order valence-corrected chi connectivity index (χ3v) is 11.4. The number of benzene rings is 2. The zero-order valence-electron chi connectivity index (χ0n) is 35.6. The van der Waals surface area contributed by atoms with Crippen LogP contribution in [0.25, 0.3) is 0 Å². The Morgan fingerprint density at radius 3 is 0.984 bits per heavy atom. The molecule has 14 heteroatoms. The fraction of sp³-hybridized carbons (Fsp3) is 0.333. The Labute approximate surface area is 361 Å². The minimum atomic E-state index is -0.241. The van der Waals surface area contributed by atoms with E-state index in [-0.39, 0.29) is 35.5 Å². The van der Waals surface area contributed by atoms with Gasteiger partial charge in [0.15, 0.2) is 0 Å². The number of hydrogen-bond acceptors (Lipinski definition) is 10. The number of rotatable bonds is 14. The number of nitrogens with zero attached hydrogens (tertiary/aromatic N) is 8. The first-order valence-electron chi connectivity index (χ1n) is 21.2. The van der Waals surface area contributed by atoms with E-state index in [0.29, 0.717) is 78.5 Å². The van der Waals surface area contributed by atoms with E-state index >= 15 is 0 Å². The summed E-state index contributed by atoms with van der Waals surface area (Å²) in [6, 6.07) is 40.7. The van der Waals surface area contributed by atoms with Crippen molar-refractivity contribution in [2.45, 2.75) is 39.4 Å². The van der Waals surface area contributed by atoms with Crippen molar-refractivity contribution in [3.8, 4) is 0 Å². The molecule has 0 spiro atoms. The molecule has 0 unspecified atom stereocenters. The van der Waals surface area contributed by atoms with Crippen LogP contribution in [-0.4, -0.2) is 90.6 Å². The van der Waals surface area contributed by atoms with Crippen molar-refractivity contribution in [3.05, 3.63) is 209 Å². The highest BCUT2D eigenvalue weighted by Gasteiger charge is 2.21. The van der Waals surface area contributed by atoms with Crippen LogP contribution in [0.1, 0.15) is 33.9 Å². The van der Waals surface area contributed by atoms with Crippen LogP contribution in [0.2, 0.25) is 0 Å². The van der Waals surface area contributed by atoms with E-state index in [0.717, 1.165) is 33.9 Å². The average Bonchev–Trinajstić information content (AvgIpc) is 3.27. The van der Waals surface area contributed by atoms with Crippen LogP contribution in [-0.2, 0) is 53.5 Å². The Kier molecular flexibility index (Phi) is 15.1. The molecule has 0 atom stereocenters. The largest absolute Gasteiger partial charge is 0.406 e. The summed E-state index contributed by atoms with van der Waals surface area (Å²) in [5.74, 6) is 0. The van der Waals surface area contributed by atoms with Gasteiger partial charge in [0.25, 0.3) is 11.1 Å². The molecule has 0 aliphatic carbocycles. The van der Waals surface area contributed by atoms with Crippen LogP contribution in [0.15, 0.2) is 153 Å². The molecule has 1 aliphatic rings. The molecule has 0 N–H and O–H groups in total. The monoisotopic (exact) mass is 840 g/mol. The van der Waals surface area contributed by atoms with Crippen LogP contribution < -0.4 is 31.9 Å². The Bertz CT molecular complexity index is 2430. The second kappa shape index (κ2) is 21.5. The van der Waals surface area contributed by atoms with Crippen LogP contribution >= 0.6 is 0 Å². The maximum Gasteiger partial charge on any atom is 0.283 e. The zero-order valence-corrected chi connectivity index (χ0v) is 35.6. The summed E-state index contributed by atoms with van der Waals surface area (Å²) in [4.78, 5) is 73.7. The van der Waals surface area contributed by atoms with Crippen LogP contribution in [0.5, 0.6) is 0 Å². The molecule has 1 saturated heterocycles. The van der Waals surface area contributed by atoms with Crippen molar-refractivity contribution in [3.63, 3.8) is 0 Å². The van der Waals surface area contributed by atoms with Crippen LogP contribution in [0.4, 0.5) is 0 Å². The van der Waals surface area contributed by atoms with Gasteiger partial charge in [-0.05, 0) is 35.4 Å². The molecule has 7 rings (SSSR count). The second-order valence-electron chi connectivity index (χ2n) is 15.8. The maximum absolute atomic E-state index is 13.3. The lowest BCUT2D eigenvalue weighted by molar-refractivity contribution is 0.0664. The van der Waals surface area contributed by atoms with E-state index in [2.05, 4.69) is 19.6 Å². The van der Waals surface area contributed by atoms with Gasteiger partial charge in [0.1, 0.15) is 13.2 Å². The molecule has 2 aromatic carbocycles. The zero-order chi connectivity index (χ0) is 43.3. The van der Waals surface area contributed by atoms with Gasteiger partial charge >= 0.3 is 0 Å². The highest BCUT2D eigenvalue weighted by molar-refractivity contribution is 5.15. The van der Waals surface area contributed by atoms with Crippen molar-refractivity contribution < 1.29 is 9.68 Å². The third-order valence-electron chi connectivity index (χ3n) is 11.4. The van der Waals surface area contributed by atoms with Gasteiger partial charge in [-0.1, -0.05) is 84.9 Å².